The second-order valence-electron chi connectivity index (χ2n) is 1.98. The standard InChI is InChI=1S/C4H7N3O5/c5-3-1(8)2(9)4(10)7(12)6(3)11/h8-12H,5H2. The predicted molar refractivity (Wildman–Crippen MR) is 33.4 cm³/mol. The van der Waals surface area contributed by atoms with E-state index in [-0.39, 0.29) is 10.3 Å². The van der Waals surface area contributed by atoms with Crippen molar-refractivity contribution in [3.63, 3.8) is 0 Å². The van der Waals surface area contributed by atoms with Crippen LogP contribution in [0, 0.1) is 0 Å². The monoisotopic (exact) mass is 177 g/mol. The Bertz CT molecular complexity index is 244. The third-order valence-electron chi connectivity index (χ3n) is 1.26. The van der Waals surface area contributed by atoms with Gasteiger partial charge < -0.3 is 21.1 Å². The molecule has 0 radical (unpaired) electrons. The largest absolute Gasteiger partial charge is 0.502 e. The van der Waals surface area contributed by atoms with Gasteiger partial charge in [-0.15, -0.1) is 5.17 Å². The van der Waals surface area contributed by atoms with Crippen molar-refractivity contribution in [2.75, 3.05) is 0 Å². The van der Waals surface area contributed by atoms with Crippen molar-refractivity contribution >= 4 is 0 Å². The lowest BCUT2D eigenvalue weighted by atomic mass is 10.4. The Hall–Kier alpha value is -1.80. The Labute approximate surface area is 66.2 Å². The minimum Gasteiger partial charge on any atom is -0.502 e. The zero-order valence-corrected chi connectivity index (χ0v) is 5.71. The zero-order valence-electron chi connectivity index (χ0n) is 5.71. The highest BCUT2D eigenvalue weighted by Gasteiger charge is 2.30. The Morgan fingerprint density at radius 3 is 1.92 bits per heavy atom. The van der Waals surface area contributed by atoms with E-state index < -0.39 is 23.2 Å². The molecule has 8 nitrogen and oxygen atoms in total. The maximum Gasteiger partial charge on any atom is 0.282 e. The number of aliphatic hydroxyl groups excluding tert-OH is 3. The van der Waals surface area contributed by atoms with Crippen molar-refractivity contribution < 1.29 is 25.7 Å². The van der Waals surface area contributed by atoms with Crippen LogP contribution in [0.5, 0.6) is 0 Å². The first-order chi connectivity index (χ1) is 5.46. The van der Waals surface area contributed by atoms with Crippen LogP contribution in [0.3, 0.4) is 0 Å². The Morgan fingerprint density at radius 2 is 1.42 bits per heavy atom. The molecule has 0 fully saturated rings. The molecule has 0 bridgehead atoms. The maximum atomic E-state index is 8.85. The molecule has 0 atom stereocenters. The topological polar surface area (TPSA) is 134 Å². The second kappa shape index (κ2) is 2.36. The van der Waals surface area contributed by atoms with Gasteiger partial charge in [0, 0.05) is 0 Å². The number of nitrogens with zero attached hydrogens (tertiary/aromatic N) is 2. The van der Waals surface area contributed by atoms with Crippen LogP contribution in [-0.2, 0) is 0 Å². The van der Waals surface area contributed by atoms with Gasteiger partial charge in [-0.1, -0.05) is 5.17 Å². The highest BCUT2D eigenvalue weighted by atomic mass is 16.7. The summed E-state index contributed by atoms with van der Waals surface area (Å²) in [5, 5.41) is 43.5. The average molecular weight is 177 g/mol. The van der Waals surface area contributed by atoms with Crippen LogP contribution in [-0.4, -0.2) is 36.1 Å². The lowest BCUT2D eigenvalue weighted by Gasteiger charge is -2.29. The smallest absolute Gasteiger partial charge is 0.282 e. The number of nitrogens with two attached hydrogens (primary N) is 1. The van der Waals surface area contributed by atoms with Gasteiger partial charge in [0.1, 0.15) is 0 Å². The first-order valence-electron chi connectivity index (χ1n) is 2.76. The van der Waals surface area contributed by atoms with Gasteiger partial charge in [-0.3, -0.25) is 10.4 Å². The molecule has 0 aromatic rings. The molecule has 0 saturated carbocycles. The first kappa shape index (κ1) is 8.30. The molecule has 7 N–H and O–H groups in total. The Morgan fingerprint density at radius 1 is 0.917 bits per heavy atom. The lowest BCUT2D eigenvalue weighted by Crippen LogP contribution is -2.43. The number of aliphatic hydroxyl groups is 3. The van der Waals surface area contributed by atoms with E-state index in [4.69, 9.17) is 31.5 Å². The van der Waals surface area contributed by atoms with Gasteiger partial charge >= 0.3 is 0 Å². The van der Waals surface area contributed by atoms with Gasteiger partial charge in [0.15, 0.2) is 5.82 Å². The minimum atomic E-state index is -1.14. The molecule has 68 valence electrons. The summed E-state index contributed by atoms with van der Waals surface area (Å²) in [6, 6.07) is 0. The van der Waals surface area contributed by atoms with Crippen LogP contribution < -0.4 is 5.73 Å². The van der Waals surface area contributed by atoms with Gasteiger partial charge in [-0.25, -0.2) is 0 Å². The summed E-state index contributed by atoms with van der Waals surface area (Å²) in [5.74, 6) is -3.81. The van der Waals surface area contributed by atoms with E-state index in [1.165, 1.54) is 0 Å². The molecule has 0 saturated heterocycles. The van der Waals surface area contributed by atoms with Gasteiger partial charge in [0.25, 0.3) is 5.88 Å². The van der Waals surface area contributed by atoms with E-state index in [9.17, 15) is 0 Å². The fraction of sp³-hybridized carbons (Fsp3) is 0. The summed E-state index contributed by atoms with van der Waals surface area (Å²) >= 11 is 0. The predicted octanol–water partition coefficient (Wildman–Crippen LogP) is -0.732. The van der Waals surface area contributed by atoms with Crippen molar-refractivity contribution in [3.8, 4) is 0 Å². The molecule has 1 aliphatic rings. The first-order valence-corrected chi connectivity index (χ1v) is 2.76. The third-order valence-corrected chi connectivity index (χ3v) is 1.26. The number of hydrogen-bond donors (Lipinski definition) is 6. The molecule has 0 aromatic heterocycles. The Kier molecular flexibility index (Phi) is 1.63. The van der Waals surface area contributed by atoms with E-state index in [1.807, 2.05) is 0 Å². The van der Waals surface area contributed by atoms with Crippen molar-refractivity contribution in [1.29, 1.82) is 0 Å². The summed E-state index contributed by atoms with van der Waals surface area (Å²) in [4.78, 5) is 0. The summed E-state index contributed by atoms with van der Waals surface area (Å²) in [5.41, 5.74) is 4.96. The van der Waals surface area contributed by atoms with Gasteiger partial charge in [0.05, 0.1) is 0 Å². The molecule has 0 unspecified atom stereocenters. The van der Waals surface area contributed by atoms with Gasteiger partial charge in [-0.05, 0) is 0 Å². The number of hydroxylamine groups is 2. The number of hydrazine groups is 1. The maximum absolute atomic E-state index is 8.85. The molecule has 12 heavy (non-hydrogen) atoms. The van der Waals surface area contributed by atoms with Crippen LogP contribution in [0.1, 0.15) is 0 Å². The van der Waals surface area contributed by atoms with Crippen molar-refractivity contribution in [1.82, 2.24) is 10.3 Å². The average Bonchev–Trinajstić information content (AvgIpc) is 2.08. The van der Waals surface area contributed by atoms with Crippen molar-refractivity contribution in [3.05, 3.63) is 23.2 Å². The van der Waals surface area contributed by atoms with Crippen LogP contribution in [0.15, 0.2) is 23.2 Å². The van der Waals surface area contributed by atoms with E-state index >= 15 is 0 Å². The molecule has 0 aliphatic carbocycles. The molecule has 1 rings (SSSR count). The molecular weight excluding hydrogens is 170 g/mol. The van der Waals surface area contributed by atoms with Gasteiger partial charge in [-0.2, -0.15) is 0 Å². The quantitative estimate of drug-likeness (QED) is 0.285. The van der Waals surface area contributed by atoms with Crippen molar-refractivity contribution in [2.24, 2.45) is 5.73 Å². The fourth-order valence-corrected chi connectivity index (χ4v) is 0.608. The highest BCUT2D eigenvalue weighted by molar-refractivity contribution is 5.25. The number of hydrogen-bond acceptors (Lipinski definition) is 8. The molecule has 1 heterocycles. The fourth-order valence-electron chi connectivity index (χ4n) is 0.608. The molecule has 1 aliphatic heterocycles. The van der Waals surface area contributed by atoms with Crippen LogP contribution >= 0.6 is 0 Å². The van der Waals surface area contributed by atoms with Gasteiger partial charge in [0.2, 0.25) is 11.5 Å². The summed E-state index contributed by atoms with van der Waals surface area (Å²) in [6.45, 7) is 0. The Balaban J connectivity index is 3.18. The minimum absolute atomic E-state index is 0.148. The summed E-state index contributed by atoms with van der Waals surface area (Å²) in [6.07, 6.45) is 0. The number of rotatable bonds is 0. The molecular formula is C4H7N3O5. The SMILES string of the molecule is NC1=C(O)C(O)=C(O)N(O)N1O. The van der Waals surface area contributed by atoms with Crippen LogP contribution in [0.4, 0.5) is 0 Å². The third kappa shape index (κ3) is 0.863. The normalized spacial score (nSPS) is 19.2. The van der Waals surface area contributed by atoms with E-state index in [0.29, 0.717) is 0 Å². The van der Waals surface area contributed by atoms with E-state index in [1.54, 1.807) is 0 Å². The molecule has 8 heteroatoms. The van der Waals surface area contributed by atoms with Crippen LogP contribution in [0.2, 0.25) is 0 Å². The summed E-state index contributed by atoms with van der Waals surface area (Å²) < 4.78 is 0. The molecule has 0 spiro atoms. The molecule has 0 aromatic carbocycles. The van der Waals surface area contributed by atoms with Crippen LogP contribution in [0.25, 0.3) is 0 Å². The lowest BCUT2D eigenvalue weighted by molar-refractivity contribution is -0.349. The molecule has 0 amide bonds. The zero-order chi connectivity index (χ0) is 9.46. The van der Waals surface area contributed by atoms with E-state index in [0.717, 1.165) is 0 Å². The van der Waals surface area contributed by atoms with Crippen molar-refractivity contribution in [2.45, 2.75) is 0 Å². The van der Waals surface area contributed by atoms with E-state index in [2.05, 4.69) is 0 Å². The summed E-state index contributed by atoms with van der Waals surface area (Å²) in [7, 11) is 0. The second-order valence-corrected chi connectivity index (χ2v) is 1.98. The highest BCUT2D eigenvalue weighted by Crippen LogP contribution is 2.20.